The van der Waals surface area contributed by atoms with Crippen LogP contribution in [0.1, 0.15) is 18.1 Å². The molecular formula is C19H17NO5. The van der Waals surface area contributed by atoms with E-state index in [1.54, 1.807) is 0 Å². The quantitative estimate of drug-likeness (QED) is 0.785. The van der Waals surface area contributed by atoms with Gasteiger partial charge in [-0.25, -0.2) is 0 Å². The number of fused-ring (bicyclic) bond motifs is 7. The van der Waals surface area contributed by atoms with Gasteiger partial charge in [-0.3, -0.25) is 9.59 Å². The molecule has 6 rings (SSSR count). The van der Waals surface area contributed by atoms with E-state index < -0.39 is 29.5 Å². The molecule has 7 atom stereocenters. The first kappa shape index (κ1) is 14.0. The highest BCUT2D eigenvalue weighted by atomic mass is 16.5. The Morgan fingerprint density at radius 1 is 1.32 bits per heavy atom. The van der Waals surface area contributed by atoms with Gasteiger partial charge in [0.15, 0.2) is 0 Å². The molecule has 2 bridgehead atoms. The molecular weight excluding hydrogens is 322 g/mol. The normalized spacial score (nSPS) is 45.3. The van der Waals surface area contributed by atoms with E-state index >= 15 is 0 Å². The summed E-state index contributed by atoms with van der Waals surface area (Å²) in [6.45, 7) is 0.651. The van der Waals surface area contributed by atoms with Crippen molar-refractivity contribution in [3.8, 4) is 0 Å². The van der Waals surface area contributed by atoms with Crippen LogP contribution in [0.5, 0.6) is 0 Å². The fourth-order valence-corrected chi connectivity index (χ4v) is 5.86. The number of carbonyl (C=O) groups is 2. The van der Waals surface area contributed by atoms with E-state index in [4.69, 9.17) is 9.47 Å². The van der Waals surface area contributed by atoms with Gasteiger partial charge < -0.3 is 19.5 Å². The second-order valence-electron chi connectivity index (χ2n) is 7.59. The maximum atomic E-state index is 13.4. The van der Waals surface area contributed by atoms with Gasteiger partial charge in [0.2, 0.25) is 5.91 Å². The smallest absolute Gasteiger partial charge is 0.310 e. The van der Waals surface area contributed by atoms with Crippen molar-refractivity contribution in [1.82, 2.24) is 0 Å². The third kappa shape index (κ3) is 1.42. The molecule has 1 aromatic rings. The maximum Gasteiger partial charge on any atom is 0.310 e. The van der Waals surface area contributed by atoms with Crippen LogP contribution in [-0.2, 0) is 19.1 Å². The number of carboxylic acids is 1. The van der Waals surface area contributed by atoms with E-state index in [2.05, 4.69) is 0 Å². The van der Waals surface area contributed by atoms with Gasteiger partial charge in [-0.2, -0.15) is 0 Å². The summed E-state index contributed by atoms with van der Waals surface area (Å²) in [4.78, 5) is 27.0. The van der Waals surface area contributed by atoms with E-state index in [-0.39, 0.29) is 24.0 Å². The molecule has 0 aliphatic carbocycles. The molecule has 3 saturated heterocycles. The van der Waals surface area contributed by atoms with Crippen LogP contribution >= 0.6 is 0 Å². The number of anilines is 1. The van der Waals surface area contributed by atoms with E-state index in [9.17, 15) is 14.7 Å². The molecule has 5 aliphatic rings. The molecule has 25 heavy (non-hydrogen) atoms. The predicted octanol–water partition coefficient (Wildman–Crippen LogP) is 1.52. The standard InChI is InChI=1S/C19H17NO5/c21-17-14-13(18(22)23)12-5-7-19(14,25-12)16-10-6-8-24-15(10)9-3-1-2-4-11(9)20(16)17/h1-5,7,10,12-16H,6,8H2,(H,22,23)/t10-,12+,13+,14-,15-,16-,19+/m0/s1. The molecule has 0 aromatic heterocycles. The first-order valence-electron chi connectivity index (χ1n) is 8.77. The highest BCUT2D eigenvalue weighted by Gasteiger charge is 2.74. The average molecular weight is 339 g/mol. The fraction of sp³-hybridized carbons (Fsp3) is 0.474. The zero-order valence-corrected chi connectivity index (χ0v) is 13.4. The number of hydrogen-bond acceptors (Lipinski definition) is 4. The summed E-state index contributed by atoms with van der Waals surface area (Å²) in [6, 6.07) is 7.61. The Labute approximate surface area is 144 Å². The number of hydrogen-bond donors (Lipinski definition) is 1. The largest absolute Gasteiger partial charge is 0.481 e. The van der Waals surface area contributed by atoms with Gasteiger partial charge in [0.05, 0.1) is 24.2 Å². The van der Waals surface area contributed by atoms with Gasteiger partial charge in [0, 0.05) is 23.8 Å². The van der Waals surface area contributed by atoms with Gasteiger partial charge in [0.1, 0.15) is 11.5 Å². The van der Waals surface area contributed by atoms with Crippen molar-refractivity contribution in [1.29, 1.82) is 0 Å². The van der Waals surface area contributed by atoms with Crippen molar-refractivity contribution in [3.05, 3.63) is 42.0 Å². The summed E-state index contributed by atoms with van der Waals surface area (Å²) >= 11 is 0. The Morgan fingerprint density at radius 3 is 3.00 bits per heavy atom. The zero-order valence-electron chi connectivity index (χ0n) is 13.4. The van der Waals surface area contributed by atoms with Gasteiger partial charge in [-0.05, 0) is 12.5 Å². The third-order valence-electron chi connectivity index (χ3n) is 6.66. The summed E-state index contributed by atoms with van der Waals surface area (Å²) in [5.41, 5.74) is 1.03. The molecule has 1 spiro atoms. The molecule has 0 saturated carbocycles. The van der Waals surface area contributed by atoms with E-state index in [1.165, 1.54) is 0 Å². The Hall–Kier alpha value is -2.18. The average Bonchev–Trinajstić information content (AvgIpc) is 3.35. The Balaban J connectivity index is 1.59. The van der Waals surface area contributed by atoms with Crippen molar-refractivity contribution in [2.24, 2.45) is 17.8 Å². The number of benzene rings is 1. The molecule has 5 aliphatic heterocycles. The molecule has 0 unspecified atom stereocenters. The SMILES string of the molecule is O=C(O)[C@H]1[C@H]2C(=O)N3c4ccccc4[C@@H]4OCC[C@@H]4[C@H]3[C@@]23C=C[C@H]1O3. The van der Waals surface area contributed by atoms with Crippen LogP contribution in [0.2, 0.25) is 0 Å². The van der Waals surface area contributed by atoms with Crippen molar-refractivity contribution >= 4 is 17.6 Å². The molecule has 6 nitrogen and oxygen atoms in total. The van der Waals surface area contributed by atoms with Crippen LogP contribution in [0.3, 0.4) is 0 Å². The van der Waals surface area contributed by atoms with E-state index in [0.29, 0.717) is 6.61 Å². The van der Waals surface area contributed by atoms with Gasteiger partial charge in [-0.1, -0.05) is 30.4 Å². The number of aliphatic carboxylic acids is 1. The van der Waals surface area contributed by atoms with E-state index in [1.807, 2.05) is 41.3 Å². The monoisotopic (exact) mass is 339 g/mol. The van der Waals surface area contributed by atoms with Crippen molar-refractivity contribution in [2.75, 3.05) is 11.5 Å². The lowest BCUT2D eigenvalue weighted by molar-refractivity contribution is -0.146. The number of nitrogens with zero attached hydrogens (tertiary/aromatic N) is 1. The lowest BCUT2D eigenvalue weighted by Gasteiger charge is -2.43. The van der Waals surface area contributed by atoms with Crippen LogP contribution in [0.25, 0.3) is 0 Å². The highest BCUT2D eigenvalue weighted by Crippen LogP contribution is 2.62. The first-order chi connectivity index (χ1) is 12.1. The summed E-state index contributed by atoms with van der Waals surface area (Å²) in [5, 5.41) is 9.70. The number of carboxylic acid groups (broad SMARTS) is 1. The Morgan fingerprint density at radius 2 is 2.16 bits per heavy atom. The lowest BCUT2D eigenvalue weighted by Crippen LogP contribution is -2.53. The number of para-hydroxylation sites is 1. The van der Waals surface area contributed by atoms with Crippen LogP contribution in [-0.4, -0.2) is 41.3 Å². The number of carbonyl (C=O) groups excluding carboxylic acids is 1. The summed E-state index contributed by atoms with van der Waals surface area (Å²) in [7, 11) is 0. The van der Waals surface area contributed by atoms with Crippen LogP contribution < -0.4 is 4.90 Å². The molecule has 3 fully saturated rings. The first-order valence-corrected chi connectivity index (χ1v) is 8.77. The second-order valence-corrected chi connectivity index (χ2v) is 7.59. The molecule has 1 aromatic carbocycles. The molecule has 5 heterocycles. The van der Waals surface area contributed by atoms with Crippen LogP contribution in [0, 0.1) is 17.8 Å². The summed E-state index contributed by atoms with van der Waals surface area (Å²) in [6.07, 6.45) is 4.07. The molecule has 1 N–H and O–H groups in total. The summed E-state index contributed by atoms with van der Waals surface area (Å²) in [5.74, 6) is -2.42. The molecule has 0 radical (unpaired) electrons. The minimum absolute atomic E-state index is 0.0571. The third-order valence-corrected chi connectivity index (χ3v) is 6.66. The Kier molecular flexibility index (Phi) is 2.42. The minimum atomic E-state index is -0.957. The maximum absolute atomic E-state index is 13.4. The summed E-state index contributed by atoms with van der Waals surface area (Å²) < 4.78 is 12.2. The zero-order chi connectivity index (χ0) is 16.9. The topological polar surface area (TPSA) is 76.1 Å². The lowest BCUT2D eigenvalue weighted by atomic mass is 9.70. The number of ether oxygens (including phenoxy) is 2. The molecule has 6 heteroatoms. The fourth-order valence-electron chi connectivity index (χ4n) is 5.86. The molecule has 128 valence electrons. The van der Waals surface area contributed by atoms with Gasteiger partial charge in [0.25, 0.3) is 0 Å². The van der Waals surface area contributed by atoms with Gasteiger partial charge >= 0.3 is 5.97 Å². The highest BCUT2D eigenvalue weighted by molar-refractivity contribution is 6.04. The predicted molar refractivity (Wildman–Crippen MR) is 85.9 cm³/mol. The van der Waals surface area contributed by atoms with Gasteiger partial charge in [-0.15, -0.1) is 0 Å². The molecule has 1 amide bonds. The number of rotatable bonds is 1. The van der Waals surface area contributed by atoms with Crippen LogP contribution in [0.15, 0.2) is 36.4 Å². The minimum Gasteiger partial charge on any atom is -0.481 e. The van der Waals surface area contributed by atoms with Crippen molar-refractivity contribution in [3.63, 3.8) is 0 Å². The second kappa shape index (κ2) is 4.31. The van der Waals surface area contributed by atoms with Crippen molar-refractivity contribution < 1.29 is 24.2 Å². The number of amides is 1. The van der Waals surface area contributed by atoms with Crippen molar-refractivity contribution in [2.45, 2.75) is 30.3 Å². The van der Waals surface area contributed by atoms with E-state index in [0.717, 1.165) is 17.7 Å². The van der Waals surface area contributed by atoms with Crippen LogP contribution in [0.4, 0.5) is 5.69 Å². The Bertz CT molecular complexity index is 850.